The first-order chi connectivity index (χ1) is 9.45. The first-order valence-corrected chi connectivity index (χ1v) is 7.79. The van der Waals surface area contributed by atoms with Crippen LogP contribution >= 0.6 is 0 Å². The molecule has 1 N–H and O–H groups in total. The second kappa shape index (κ2) is 6.53. The third-order valence-corrected chi connectivity index (χ3v) is 4.42. The summed E-state index contributed by atoms with van der Waals surface area (Å²) in [5, 5.41) is 3.41. The number of hydrogen-bond acceptors (Lipinski definition) is 3. The number of ether oxygens (including phenoxy) is 1. The normalized spacial score (nSPS) is 26.8. The van der Waals surface area contributed by atoms with Crippen LogP contribution in [-0.2, 0) is 4.74 Å². The van der Waals surface area contributed by atoms with Crippen molar-refractivity contribution in [2.75, 3.05) is 19.7 Å². The Morgan fingerprint density at radius 2 is 1.95 bits per heavy atom. The zero-order valence-corrected chi connectivity index (χ0v) is 11.7. The smallest absolute Gasteiger partial charge is 0.111 e. The Labute approximate surface area is 115 Å². The maximum absolute atomic E-state index is 5.89. The average molecular weight is 263 g/mol. The lowest BCUT2D eigenvalue weighted by Crippen LogP contribution is -2.34. The van der Waals surface area contributed by atoms with Crippen LogP contribution in [0.4, 0.5) is 0 Å². The summed E-state index contributed by atoms with van der Waals surface area (Å²) >= 11 is 0. The Kier molecular flexibility index (Phi) is 4.51. The van der Waals surface area contributed by atoms with Crippen LogP contribution in [0.1, 0.15) is 62.8 Å². The molecular weight excluding hydrogens is 238 g/mol. The van der Waals surface area contributed by atoms with Gasteiger partial charge < -0.3 is 14.6 Å². The van der Waals surface area contributed by atoms with Gasteiger partial charge in [-0.3, -0.25) is 0 Å². The maximum Gasteiger partial charge on any atom is 0.111 e. The third kappa shape index (κ3) is 3.18. The first kappa shape index (κ1) is 13.1. The fourth-order valence-corrected chi connectivity index (χ4v) is 3.34. The van der Waals surface area contributed by atoms with Crippen LogP contribution in [0, 0.1) is 0 Å². The molecule has 106 valence electrons. The Balaban J connectivity index is 1.73. The van der Waals surface area contributed by atoms with E-state index in [1.54, 1.807) is 0 Å². The highest BCUT2D eigenvalue weighted by atomic mass is 16.5. The number of aromatic nitrogens is 2. The lowest BCUT2D eigenvalue weighted by molar-refractivity contribution is 0.0216. The van der Waals surface area contributed by atoms with Crippen LogP contribution in [0.15, 0.2) is 12.5 Å². The summed E-state index contributed by atoms with van der Waals surface area (Å²) in [6.45, 7) is 2.69. The molecule has 4 nitrogen and oxygen atoms in total. The van der Waals surface area contributed by atoms with Gasteiger partial charge in [-0.15, -0.1) is 0 Å². The fraction of sp³-hybridized carbons (Fsp3) is 0.800. The van der Waals surface area contributed by atoms with E-state index >= 15 is 0 Å². The molecule has 0 spiro atoms. The van der Waals surface area contributed by atoms with Crippen molar-refractivity contribution in [1.29, 1.82) is 0 Å². The van der Waals surface area contributed by atoms with Gasteiger partial charge in [0.1, 0.15) is 6.10 Å². The predicted octanol–water partition coefficient (Wildman–Crippen LogP) is 2.83. The van der Waals surface area contributed by atoms with Crippen molar-refractivity contribution in [3.8, 4) is 0 Å². The van der Waals surface area contributed by atoms with E-state index in [0.29, 0.717) is 6.04 Å². The van der Waals surface area contributed by atoms with E-state index in [4.69, 9.17) is 4.74 Å². The van der Waals surface area contributed by atoms with Crippen LogP contribution in [0.3, 0.4) is 0 Å². The molecule has 1 saturated carbocycles. The van der Waals surface area contributed by atoms with Crippen molar-refractivity contribution in [1.82, 2.24) is 14.9 Å². The van der Waals surface area contributed by atoms with E-state index < -0.39 is 0 Å². The van der Waals surface area contributed by atoms with Gasteiger partial charge in [-0.05, 0) is 12.8 Å². The van der Waals surface area contributed by atoms with E-state index in [2.05, 4.69) is 14.9 Å². The molecule has 1 saturated heterocycles. The molecule has 19 heavy (non-hydrogen) atoms. The summed E-state index contributed by atoms with van der Waals surface area (Å²) in [4.78, 5) is 4.38. The Bertz CT molecular complexity index is 376. The minimum absolute atomic E-state index is 0.182. The zero-order valence-electron chi connectivity index (χ0n) is 11.7. The van der Waals surface area contributed by atoms with E-state index in [1.165, 1.54) is 50.6 Å². The number of rotatable bonds is 2. The minimum atomic E-state index is 0.182. The van der Waals surface area contributed by atoms with Crippen LogP contribution in [-0.4, -0.2) is 29.2 Å². The minimum Gasteiger partial charge on any atom is -0.369 e. The molecule has 1 unspecified atom stereocenters. The van der Waals surface area contributed by atoms with Crippen LogP contribution in [0.2, 0.25) is 0 Å². The summed E-state index contributed by atoms with van der Waals surface area (Å²) in [7, 11) is 0. The van der Waals surface area contributed by atoms with Crippen molar-refractivity contribution in [2.45, 2.75) is 57.1 Å². The molecule has 0 radical (unpaired) electrons. The van der Waals surface area contributed by atoms with Gasteiger partial charge in [0.05, 0.1) is 24.8 Å². The second-order valence-corrected chi connectivity index (χ2v) is 5.79. The molecule has 0 bridgehead atoms. The highest BCUT2D eigenvalue weighted by Crippen LogP contribution is 2.30. The van der Waals surface area contributed by atoms with Crippen molar-refractivity contribution in [2.24, 2.45) is 0 Å². The molecule has 3 rings (SSSR count). The lowest BCUT2D eigenvalue weighted by Gasteiger charge is -2.28. The molecule has 2 heterocycles. The second-order valence-electron chi connectivity index (χ2n) is 5.79. The summed E-state index contributed by atoms with van der Waals surface area (Å²) in [5.41, 5.74) is 1.26. The molecule has 0 aromatic carbocycles. The number of hydrogen-bond donors (Lipinski definition) is 1. The number of nitrogens with zero attached hydrogens (tertiary/aromatic N) is 2. The van der Waals surface area contributed by atoms with Crippen molar-refractivity contribution >= 4 is 0 Å². The van der Waals surface area contributed by atoms with Gasteiger partial charge in [0.15, 0.2) is 0 Å². The van der Waals surface area contributed by atoms with E-state index in [1.807, 2.05) is 12.5 Å². The molecular formula is C15H25N3O. The highest BCUT2D eigenvalue weighted by molar-refractivity contribution is 5.06. The average Bonchev–Trinajstić information content (AvgIpc) is 2.88. The van der Waals surface area contributed by atoms with Crippen LogP contribution in [0.5, 0.6) is 0 Å². The van der Waals surface area contributed by atoms with Gasteiger partial charge in [0.2, 0.25) is 0 Å². The summed E-state index contributed by atoms with van der Waals surface area (Å²) in [6, 6.07) is 0.628. The predicted molar refractivity (Wildman–Crippen MR) is 75.1 cm³/mol. The standard InChI is InChI=1S/C15H25N3O/c1-2-4-6-13(7-5-3-1)18-12-17-10-14(18)15-11-16-8-9-19-15/h10,12-13,15-16H,1-9,11H2. The number of nitrogens with one attached hydrogen (secondary N) is 1. The van der Waals surface area contributed by atoms with Crippen molar-refractivity contribution in [3.63, 3.8) is 0 Å². The van der Waals surface area contributed by atoms with Crippen molar-refractivity contribution in [3.05, 3.63) is 18.2 Å². The van der Waals surface area contributed by atoms with Crippen molar-refractivity contribution < 1.29 is 4.74 Å². The van der Waals surface area contributed by atoms with Gasteiger partial charge in [-0.2, -0.15) is 0 Å². The Morgan fingerprint density at radius 1 is 1.16 bits per heavy atom. The van der Waals surface area contributed by atoms with Gasteiger partial charge in [0, 0.05) is 19.1 Å². The van der Waals surface area contributed by atoms with Gasteiger partial charge in [0.25, 0.3) is 0 Å². The van der Waals surface area contributed by atoms with Crippen LogP contribution in [0.25, 0.3) is 0 Å². The first-order valence-electron chi connectivity index (χ1n) is 7.79. The highest BCUT2D eigenvalue weighted by Gasteiger charge is 2.23. The molecule has 2 aliphatic rings. The topological polar surface area (TPSA) is 39.1 Å². The number of imidazole rings is 1. The summed E-state index contributed by atoms with van der Waals surface area (Å²) in [5.74, 6) is 0. The molecule has 1 aliphatic heterocycles. The van der Waals surface area contributed by atoms with E-state index in [0.717, 1.165) is 19.7 Å². The van der Waals surface area contributed by atoms with Gasteiger partial charge >= 0.3 is 0 Å². The molecule has 1 aliphatic carbocycles. The molecule has 1 atom stereocenters. The molecule has 1 aromatic heterocycles. The fourth-order valence-electron chi connectivity index (χ4n) is 3.34. The summed E-state index contributed by atoms with van der Waals surface area (Å²) in [6.07, 6.45) is 13.7. The van der Waals surface area contributed by atoms with Crippen LogP contribution < -0.4 is 5.32 Å². The number of morpholine rings is 1. The Morgan fingerprint density at radius 3 is 2.68 bits per heavy atom. The van der Waals surface area contributed by atoms with Gasteiger partial charge in [-0.25, -0.2) is 4.98 Å². The zero-order chi connectivity index (χ0) is 12.9. The molecule has 4 heteroatoms. The quantitative estimate of drug-likeness (QED) is 0.891. The third-order valence-electron chi connectivity index (χ3n) is 4.42. The largest absolute Gasteiger partial charge is 0.369 e. The monoisotopic (exact) mass is 263 g/mol. The van der Waals surface area contributed by atoms with Gasteiger partial charge in [-0.1, -0.05) is 32.1 Å². The van der Waals surface area contributed by atoms with E-state index in [-0.39, 0.29) is 6.10 Å². The Hall–Kier alpha value is -0.870. The molecule has 0 amide bonds. The maximum atomic E-state index is 5.89. The molecule has 2 fully saturated rings. The summed E-state index contributed by atoms with van der Waals surface area (Å²) < 4.78 is 8.28. The lowest BCUT2D eigenvalue weighted by atomic mass is 9.96. The SMILES string of the molecule is c1ncn(C2CCCCCCC2)c1C1CNCCO1. The molecule has 1 aromatic rings. The van der Waals surface area contributed by atoms with E-state index in [9.17, 15) is 0 Å².